The first-order valence-corrected chi connectivity index (χ1v) is 21.3. The molecular weight excluding hydrogens is 882 g/mol. The van der Waals surface area contributed by atoms with Gasteiger partial charge in [0.25, 0.3) is 40.5 Å². The summed E-state index contributed by atoms with van der Waals surface area (Å²) >= 11 is 0. The number of benzene rings is 4. The monoisotopic (exact) mass is 898 g/mol. The third kappa shape index (κ3) is 6.11. The van der Waals surface area contributed by atoms with E-state index in [1.54, 1.807) is 60.7 Å². The molecular formula is C32H18N8O12S4Zn+2. The molecule has 25 heteroatoms. The third-order valence-electron chi connectivity index (χ3n) is 8.85. The second-order valence-electron chi connectivity index (χ2n) is 12.2. The van der Waals surface area contributed by atoms with E-state index >= 15 is 0 Å². The number of H-pyrrole nitrogens is 2. The van der Waals surface area contributed by atoms with E-state index in [2.05, 4.69) is 29.9 Å². The van der Waals surface area contributed by atoms with Crippen molar-refractivity contribution in [3.05, 3.63) is 72.8 Å². The first kappa shape index (κ1) is 38.4. The number of aromatic amines is 2. The van der Waals surface area contributed by atoms with Gasteiger partial charge >= 0.3 is 19.5 Å². The first-order chi connectivity index (χ1) is 26.3. The van der Waals surface area contributed by atoms with Crippen LogP contribution in [-0.4, -0.2) is 91.8 Å². The van der Waals surface area contributed by atoms with Crippen molar-refractivity contribution in [2.45, 2.75) is 19.6 Å². The zero-order chi connectivity index (χ0) is 39.7. The largest absolute Gasteiger partial charge is 2.00 e. The van der Waals surface area contributed by atoms with Crippen molar-refractivity contribution in [1.82, 2.24) is 39.9 Å². The van der Waals surface area contributed by atoms with E-state index in [0.717, 1.165) is 0 Å². The molecule has 20 nitrogen and oxygen atoms in total. The Kier molecular flexibility index (Phi) is 8.59. The van der Waals surface area contributed by atoms with Gasteiger partial charge < -0.3 is 9.97 Å². The van der Waals surface area contributed by atoms with Crippen LogP contribution < -0.4 is 0 Å². The molecule has 2 aliphatic heterocycles. The molecule has 4 aromatic carbocycles. The minimum absolute atomic E-state index is 0. The van der Waals surface area contributed by atoms with Crippen molar-refractivity contribution < 1.29 is 71.4 Å². The number of hydrogen-bond acceptors (Lipinski definition) is 14. The number of hydrogen-bond donors (Lipinski definition) is 6. The Labute approximate surface area is 331 Å². The zero-order valence-electron chi connectivity index (χ0n) is 28.0. The Balaban J connectivity index is 0.00000455. The summed E-state index contributed by atoms with van der Waals surface area (Å²) in [4.78, 5) is 24.5. The van der Waals surface area contributed by atoms with E-state index in [-0.39, 0.29) is 53.9 Å². The van der Waals surface area contributed by atoms with Gasteiger partial charge in [-0.1, -0.05) is 72.8 Å². The summed E-state index contributed by atoms with van der Waals surface area (Å²) in [5.74, 6) is -0.428. The number of nitrogens with zero attached hydrogens (tertiary/aromatic N) is 6. The molecule has 57 heavy (non-hydrogen) atoms. The summed E-state index contributed by atoms with van der Waals surface area (Å²) in [6.45, 7) is 0. The van der Waals surface area contributed by atoms with Crippen LogP contribution in [0.15, 0.2) is 92.4 Å². The van der Waals surface area contributed by atoms with Crippen molar-refractivity contribution in [2.75, 3.05) is 0 Å². The molecule has 2 aliphatic rings. The Morgan fingerprint density at radius 2 is 0.632 bits per heavy atom. The van der Waals surface area contributed by atoms with Gasteiger partial charge in [-0.15, -0.1) is 0 Å². The SMILES string of the molecule is O=S(=O)(O)c1c(S(=O)(=O)O)c(S(=O)(=O)O)c2c3nc4nc(nc5[nH]c(nc6nc(nc([nH]3)c2c1S(=O)(=O)O)-c1ccccc1-6)c1ccccc51)-c1ccccc1-4.[Zn+2]. The fraction of sp³-hybridized carbons (Fsp3) is 0. The van der Waals surface area contributed by atoms with Crippen molar-refractivity contribution in [3.63, 3.8) is 0 Å². The van der Waals surface area contributed by atoms with Crippen molar-refractivity contribution >= 4 is 84.6 Å². The van der Waals surface area contributed by atoms with Crippen molar-refractivity contribution in [2.24, 2.45) is 0 Å². The smallest absolute Gasteiger partial charge is 0.324 e. The normalized spacial score (nSPS) is 13.0. The molecule has 0 saturated carbocycles. The van der Waals surface area contributed by atoms with Gasteiger partial charge in [0.05, 0.1) is 10.8 Å². The second kappa shape index (κ2) is 12.8. The summed E-state index contributed by atoms with van der Waals surface area (Å²) in [6, 6.07) is 19.9. The minimum Gasteiger partial charge on any atom is -0.324 e. The third-order valence-corrected chi connectivity index (χ3v) is 12.9. The molecule has 282 valence electrons. The van der Waals surface area contributed by atoms with Crippen LogP contribution in [0, 0.1) is 0 Å². The maximum Gasteiger partial charge on any atom is 2.00 e. The van der Waals surface area contributed by atoms with Crippen LogP contribution in [0.2, 0.25) is 0 Å². The second-order valence-corrected chi connectivity index (χ2v) is 17.6. The van der Waals surface area contributed by atoms with Crippen LogP contribution in [0.5, 0.6) is 0 Å². The van der Waals surface area contributed by atoms with Gasteiger partial charge in [0, 0.05) is 33.0 Å². The average Bonchev–Trinajstić information content (AvgIpc) is 3.84. The molecule has 3 aromatic heterocycles. The molecule has 0 amide bonds. The molecule has 0 saturated heterocycles. The number of fused-ring (bicyclic) bond motifs is 20. The molecule has 5 heterocycles. The van der Waals surface area contributed by atoms with E-state index in [0.29, 0.717) is 33.2 Å². The van der Waals surface area contributed by atoms with Gasteiger partial charge in [0.1, 0.15) is 42.2 Å². The van der Waals surface area contributed by atoms with Crippen LogP contribution in [0.1, 0.15) is 0 Å². The predicted molar refractivity (Wildman–Crippen MR) is 195 cm³/mol. The number of aromatic nitrogens is 8. The summed E-state index contributed by atoms with van der Waals surface area (Å²) in [5.41, 5.74) is 0.187. The topological polar surface area (TPSA) is 326 Å². The van der Waals surface area contributed by atoms with Crippen LogP contribution in [0.3, 0.4) is 0 Å². The summed E-state index contributed by atoms with van der Waals surface area (Å²) in [5, 5.41) is -1.17. The fourth-order valence-electron chi connectivity index (χ4n) is 6.75. The standard InChI is InChI=1S/C32H18N8O12S4.Zn/c41-53(42,43)21-19-20(22(54(44,45)46)24(56(50,51)52)23(21)55(47,48)49)32-39-30-18-12-6-4-10-16(18)28(37-30)35-26-14-8-2-1-7-13(14)25(33-26)34-27-15-9-3-5-11-17(15)29(36-27)38-31(19)40-32;/h1-12H,(H,41,42,43)(H,44,45,46)(H,47,48,49)(H,50,51,52)(H2,33,34,35,36,37,38,39,40);/q;+2. The van der Waals surface area contributed by atoms with Gasteiger partial charge in [-0.05, 0) is 0 Å². The van der Waals surface area contributed by atoms with Gasteiger partial charge in [0.2, 0.25) is 0 Å². The Morgan fingerprint density at radius 1 is 0.368 bits per heavy atom. The molecule has 0 unspecified atom stereocenters. The summed E-state index contributed by atoms with van der Waals surface area (Å²) in [6.07, 6.45) is 0. The van der Waals surface area contributed by atoms with Crippen molar-refractivity contribution in [3.8, 4) is 45.6 Å². The molecule has 0 radical (unpaired) electrons. The van der Waals surface area contributed by atoms with Crippen LogP contribution in [-0.2, 0) is 60.0 Å². The van der Waals surface area contributed by atoms with E-state index in [1.807, 2.05) is 0 Å². The van der Waals surface area contributed by atoms with Crippen LogP contribution in [0.25, 0.3) is 89.7 Å². The number of nitrogens with one attached hydrogen (secondary N) is 2. The maximum absolute atomic E-state index is 13.2. The maximum atomic E-state index is 13.2. The van der Waals surface area contributed by atoms with E-state index in [9.17, 15) is 51.9 Å². The zero-order valence-corrected chi connectivity index (χ0v) is 34.2. The van der Waals surface area contributed by atoms with Crippen LogP contribution in [0.4, 0.5) is 0 Å². The molecule has 0 fully saturated rings. The molecule has 0 aliphatic carbocycles. The Morgan fingerprint density at radius 3 is 0.930 bits per heavy atom. The minimum atomic E-state index is -6.24. The predicted octanol–water partition coefficient (Wildman–Crippen LogP) is 3.85. The molecule has 0 atom stereocenters. The Hall–Kier alpha value is -5.50. The molecule has 0 spiro atoms. The molecule has 6 N–H and O–H groups in total. The summed E-state index contributed by atoms with van der Waals surface area (Å²) in [7, 11) is -24.6. The quantitative estimate of drug-likeness (QED) is 0.108. The average molecular weight is 900 g/mol. The van der Waals surface area contributed by atoms with Gasteiger partial charge in [-0.2, -0.15) is 33.7 Å². The number of rotatable bonds is 4. The van der Waals surface area contributed by atoms with E-state index in [4.69, 9.17) is 9.97 Å². The molecule has 7 aromatic rings. The van der Waals surface area contributed by atoms with Crippen LogP contribution >= 0.6 is 0 Å². The fourth-order valence-corrected chi connectivity index (χ4v) is 11.7. The molecule has 9 rings (SSSR count). The van der Waals surface area contributed by atoms with E-state index < -0.39 is 82.1 Å². The van der Waals surface area contributed by atoms with Crippen molar-refractivity contribution in [1.29, 1.82) is 0 Å². The van der Waals surface area contributed by atoms with E-state index in [1.165, 1.54) is 12.1 Å². The summed E-state index contributed by atoms with van der Waals surface area (Å²) < 4.78 is 146. The van der Waals surface area contributed by atoms with Gasteiger partial charge in [-0.25, -0.2) is 29.9 Å². The first-order valence-electron chi connectivity index (χ1n) is 15.5. The Bertz CT molecular complexity index is 3380. The molecule has 8 bridgehead atoms. The van der Waals surface area contributed by atoms with Gasteiger partial charge in [-0.3, -0.25) is 18.2 Å². The van der Waals surface area contributed by atoms with Gasteiger partial charge in [0.15, 0.2) is 23.3 Å².